The predicted molar refractivity (Wildman–Crippen MR) is 188 cm³/mol. The molecule has 3 fully saturated rings. The fourth-order valence-electron chi connectivity index (χ4n) is 6.97. The first-order valence-corrected chi connectivity index (χ1v) is 19.1. The number of hydrogen-bond acceptors (Lipinski definition) is 10. The Kier molecular flexibility index (Phi) is 9.18. The molecule has 3 aliphatic heterocycles. The fourth-order valence-corrected chi connectivity index (χ4v) is 8.63. The summed E-state index contributed by atoms with van der Waals surface area (Å²) < 4.78 is 38.6. The van der Waals surface area contributed by atoms with Crippen LogP contribution in [0.25, 0.3) is 0 Å². The average Bonchev–Trinajstić information content (AvgIpc) is 3.85. The Morgan fingerprint density at radius 2 is 1.84 bits per heavy atom. The molecular weight excluding hydrogens is 702 g/mol. The zero-order valence-corrected chi connectivity index (χ0v) is 31.3. The van der Waals surface area contributed by atoms with Crippen LogP contribution in [-0.2, 0) is 40.4 Å². The summed E-state index contributed by atoms with van der Waals surface area (Å²) in [6.45, 7) is 14.7. The standard InChI is InChI=1S/C35H46ClN5O9S/c1-8-21-15-35(21,30(44)40-51(46,47)22-9-10-22)38-28(42)25-17-34(16-24(39-50-34)20-13-19-11-12-48-26(19)23(36)14-20)18-41(25)29(43)27(32(2,3)4)37-31(45)49-33(5,6)7/h8,13-14,21-22,25,27H,1,9-12,15-18H2,2-7H3,(H,37,45)(H,38,42)(H,40,44)/t21-,25+,27-,34-,35-/m1/s1. The summed E-state index contributed by atoms with van der Waals surface area (Å²) in [5.41, 5.74) is -2.10. The molecule has 1 spiro atoms. The van der Waals surface area contributed by atoms with Gasteiger partial charge in [-0.2, -0.15) is 0 Å². The van der Waals surface area contributed by atoms with Crippen LogP contribution in [-0.4, -0.2) is 90.1 Å². The highest BCUT2D eigenvalue weighted by Crippen LogP contribution is 2.47. The Hall–Kier alpha value is -3.85. The topological polar surface area (TPSA) is 182 Å². The van der Waals surface area contributed by atoms with Crippen LogP contribution >= 0.6 is 11.6 Å². The smallest absolute Gasteiger partial charge is 0.408 e. The van der Waals surface area contributed by atoms with Crippen LogP contribution in [0.4, 0.5) is 4.79 Å². The summed E-state index contributed by atoms with van der Waals surface area (Å²) >= 11 is 6.52. The van der Waals surface area contributed by atoms with E-state index in [4.69, 9.17) is 25.9 Å². The van der Waals surface area contributed by atoms with Crippen molar-refractivity contribution in [3.63, 3.8) is 0 Å². The number of rotatable bonds is 9. The molecule has 5 aliphatic rings. The van der Waals surface area contributed by atoms with E-state index in [9.17, 15) is 27.6 Å². The van der Waals surface area contributed by atoms with Gasteiger partial charge in [-0.3, -0.25) is 19.1 Å². The highest BCUT2D eigenvalue weighted by Gasteiger charge is 2.63. The minimum atomic E-state index is -3.90. The first-order valence-electron chi connectivity index (χ1n) is 17.2. The Labute approximate surface area is 303 Å². The Balaban J connectivity index is 1.29. The zero-order chi connectivity index (χ0) is 37.3. The van der Waals surface area contributed by atoms with Gasteiger partial charge in [0.25, 0.3) is 5.91 Å². The third kappa shape index (κ3) is 7.41. The van der Waals surface area contributed by atoms with Gasteiger partial charge in [-0.15, -0.1) is 6.58 Å². The van der Waals surface area contributed by atoms with E-state index in [0.29, 0.717) is 42.4 Å². The quantitative estimate of drug-likeness (QED) is 0.319. The Bertz CT molecular complexity index is 1820. The van der Waals surface area contributed by atoms with E-state index < -0.39 is 79.2 Å². The number of nitrogens with zero attached hydrogens (tertiary/aromatic N) is 2. The molecular formula is C35H46ClN5O9S. The molecule has 51 heavy (non-hydrogen) atoms. The van der Waals surface area contributed by atoms with Crippen molar-refractivity contribution in [2.75, 3.05) is 13.2 Å². The van der Waals surface area contributed by atoms with E-state index in [2.05, 4.69) is 27.1 Å². The molecule has 1 aromatic rings. The number of likely N-dealkylation sites (tertiary alicyclic amines) is 1. The van der Waals surface area contributed by atoms with E-state index in [-0.39, 0.29) is 25.8 Å². The van der Waals surface area contributed by atoms with E-state index >= 15 is 0 Å². The number of hydrogen-bond donors (Lipinski definition) is 3. The Morgan fingerprint density at radius 1 is 1.14 bits per heavy atom. The third-order valence-electron chi connectivity index (χ3n) is 9.92. The molecule has 0 aromatic heterocycles. The lowest BCUT2D eigenvalue weighted by Crippen LogP contribution is -2.60. The average molecular weight is 748 g/mol. The molecule has 6 rings (SSSR count). The zero-order valence-electron chi connectivity index (χ0n) is 29.8. The van der Waals surface area contributed by atoms with E-state index in [1.807, 2.05) is 6.07 Å². The van der Waals surface area contributed by atoms with Crippen molar-refractivity contribution in [2.24, 2.45) is 16.5 Å². The van der Waals surface area contributed by atoms with Gasteiger partial charge < -0.3 is 29.8 Å². The molecule has 0 radical (unpaired) electrons. The highest BCUT2D eigenvalue weighted by molar-refractivity contribution is 7.91. The molecule has 3 heterocycles. The van der Waals surface area contributed by atoms with Crippen molar-refractivity contribution in [2.45, 2.75) is 114 Å². The van der Waals surface area contributed by atoms with Crippen LogP contribution in [0.1, 0.15) is 84.8 Å². The molecule has 4 amide bonds. The molecule has 2 saturated carbocycles. The summed E-state index contributed by atoms with van der Waals surface area (Å²) in [4.78, 5) is 62.8. The molecule has 0 bridgehead atoms. The minimum Gasteiger partial charge on any atom is -0.491 e. The summed E-state index contributed by atoms with van der Waals surface area (Å²) in [6, 6.07) is 1.39. The second-order valence-electron chi connectivity index (χ2n) is 16.3. The monoisotopic (exact) mass is 747 g/mol. The number of amides is 4. The molecule has 3 N–H and O–H groups in total. The van der Waals surface area contributed by atoms with Crippen LogP contribution in [0, 0.1) is 11.3 Å². The number of carbonyl (C=O) groups is 4. The van der Waals surface area contributed by atoms with Gasteiger partial charge in [0, 0.05) is 30.7 Å². The summed E-state index contributed by atoms with van der Waals surface area (Å²) in [5.74, 6) is -1.99. The summed E-state index contributed by atoms with van der Waals surface area (Å²) in [5, 5.41) is 9.69. The number of fused-ring (bicyclic) bond motifs is 1. The number of sulfonamides is 1. The van der Waals surface area contributed by atoms with Crippen molar-refractivity contribution in [3.8, 4) is 5.75 Å². The number of oxime groups is 1. The van der Waals surface area contributed by atoms with Crippen LogP contribution in [0.2, 0.25) is 5.02 Å². The predicted octanol–water partition coefficient (Wildman–Crippen LogP) is 3.35. The maximum atomic E-state index is 14.6. The van der Waals surface area contributed by atoms with Gasteiger partial charge in [0.05, 0.1) is 29.1 Å². The van der Waals surface area contributed by atoms with E-state index in [1.54, 1.807) is 47.6 Å². The number of ether oxygens (including phenoxy) is 2. The fraction of sp³-hybridized carbons (Fsp3) is 0.629. The maximum absolute atomic E-state index is 14.6. The molecule has 2 aliphatic carbocycles. The lowest BCUT2D eigenvalue weighted by Gasteiger charge is -2.36. The molecule has 14 nitrogen and oxygen atoms in total. The lowest BCUT2D eigenvalue weighted by atomic mass is 9.85. The largest absolute Gasteiger partial charge is 0.491 e. The van der Waals surface area contributed by atoms with Crippen molar-refractivity contribution in [3.05, 3.63) is 40.9 Å². The SMILES string of the molecule is C=C[C@@H]1C[C@]1(NC(=O)[C@@H]1C[C@]2(CC(c3cc(Cl)c4c(c3)CCO4)=NO2)CN1C(=O)[C@@H](NC(=O)OC(C)(C)C)C(C)(C)C)C(=O)NS(=O)(=O)C1CC1. The van der Waals surface area contributed by atoms with Crippen LogP contribution in [0.15, 0.2) is 29.9 Å². The maximum Gasteiger partial charge on any atom is 0.408 e. The normalized spacial score (nSPS) is 27.4. The number of carbonyl (C=O) groups excluding carboxylic acids is 4. The minimum absolute atomic E-state index is 0.000511. The Morgan fingerprint density at radius 3 is 2.45 bits per heavy atom. The van der Waals surface area contributed by atoms with Crippen molar-refractivity contribution in [1.82, 2.24) is 20.3 Å². The van der Waals surface area contributed by atoms with Gasteiger partial charge in [-0.1, -0.05) is 43.6 Å². The highest BCUT2D eigenvalue weighted by atomic mass is 35.5. The second kappa shape index (κ2) is 12.7. The molecule has 278 valence electrons. The van der Waals surface area contributed by atoms with Crippen molar-refractivity contribution >= 4 is 51.2 Å². The van der Waals surface area contributed by atoms with Gasteiger partial charge in [-0.25, -0.2) is 13.2 Å². The first-order chi connectivity index (χ1) is 23.7. The molecule has 1 saturated heterocycles. The summed E-state index contributed by atoms with van der Waals surface area (Å²) in [6.07, 6.45) is 2.66. The second-order valence-corrected chi connectivity index (χ2v) is 18.7. The number of halogens is 1. The number of nitrogens with one attached hydrogen (secondary N) is 3. The number of benzene rings is 1. The van der Waals surface area contributed by atoms with Gasteiger partial charge in [-0.05, 0) is 63.1 Å². The van der Waals surface area contributed by atoms with Crippen molar-refractivity contribution in [1.29, 1.82) is 0 Å². The van der Waals surface area contributed by atoms with Gasteiger partial charge >= 0.3 is 6.09 Å². The van der Waals surface area contributed by atoms with Gasteiger partial charge in [0.15, 0.2) is 5.60 Å². The van der Waals surface area contributed by atoms with Crippen molar-refractivity contribution < 1.29 is 41.9 Å². The summed E-state index contributed by atoms with van der Waals surface area (Å²) in [7, 11) is -3.90. The molecule has 5 atom stereocenters. The third-order valence-corrected chi connectivity index (χ3v) is 12.0. The van der Waals surface area contributed by atoms with Crippen LogP contribution < -0.4 is 20.1 Å². The van der Waals surface area contributed by atoms with E-state index in [0.717, 1.165) is 11.1 Å². The molecule has 16 heteroatoms. The lowest BCUT2D eigenvalue weighted by molar-refractivity contribution is -0.143. The molecule has 1 aromatic carbocycles. The van der Waals surface area contributed by atoms with Gasteiger partial charge in [0.2, 0.25) is 21.8 Å². The van der Waals surface area contributed by atoms with Crippen LogP contribution in [0.3, 0.4) is 0 Å². The number of alkyl carbamates (subject to hydrolysis) is 1. The van der Waals surface area contributed by atoms with E-state index in [1.165, 1.54) is 11.0 Å². The van der Waals surface area contributed by atoms with Gasteiger partial charge in [0.1, 0.15) is 29.0 Å². The van der Waals surface area contributed by atoms with Crippen LogP contribution in [0.5, 0.6) is 5.75 Å². The first kappa shape index (κ1) is 36.9. The molecule has 0 unspecified atom stereocenters.